The minimum absolute atomic E-state index is 0.0315. The fourth-order valence-corrected chi connectivity index (χ4v) is 3.16. The first-order valence-corrected chi connectivity index (χ1v) is 9.89. The van der Waals surface area contributed by atoms with Gasteiger partial charge in [-0.05, 0) is 38.7 Å². The molecule has 0 bridgehead atoms. The predicted molar refractivity (Wildman–Crippen MR) is 104 cm³/mol. The smallest absolute Gasteiger partial charge is 0.409 e. The fraction of sp³-hybridized carbons (Fsp3) is 0.684. The highest BCUT2D eigenvalue weighted by Crippen LogP contribution is 2.13. The monoisotopic (exact) mass is 377 g/mol. The van der Waals surface area contributed by atoms with Gasteiger partial charge in [0.25, 0.3) is 5.91 Å². The molecule has 8 nitrogen and oxygen atoms in total. The van der Waals surface area contributed by atoms with Crippen molar-refractivity contribution in [3.05, 3.63) is 18.0 Å². The first-order chi connectivity index (χ1) is 13.1. The summed E-state index contributed by atoms with van der Waals surface area (Å²) < 4.78 is 5.02. The predicted octanol–water partition coefficient (Wildman–Crippen LogP) is 2.45. The van der Waals surface area contributed by atoms with Gasteiger partial charge in [0.05, 0.1) is 6.61 Å². The van der Waals surface area contributed by atoms with Crippen molar-refractivity contribution in [1.29, 1.82) is 0 Å². The maximum absolute atomic E-state index is 12.6. The van der Waals surface area contributed by atoms with Gasteiger partial charge in [0.15, 0.2) is 0 Å². The van der Waals surface area contributed by atoms with Crippen LogP contribution in [0.15, 0.2) is 12.3 Å². The summed E-state index contributed by atoms with van der Waals surface area (Å²) >= 11 is 0. The molecule has 0 spiro atoms. The molecule has 27 heavy (non-hydrogen) atoms. The van der Waals surface area contributed by atoms with Crippen LogP contribution in [0, 0.1) is 0 Å². The number of aromatic nitrogens is 2. The van der Waals surface area contributed by atoms with E-state index >= 15 is 0 Å². The molecule has 1 fully saturated rings. The highest BCUT2D eigenvalue weighted by molar-refractivity contribution is 5.92. The van der Waals surface area contributed by atoms with E-state index < -0.39 is 0 Å². The van der Waals surface area contributed by atoms with Crippen molar-refractivity contribution in [3.8, 4) is 0 Å². The number of hydrogen-bond donors (Lipinski definition) is 1. The molecule has 0 radical (unpaired) electrons. The third-order valence-electron chi connectivity index (χ3n) is 4.50. The molecule has 2 amide bonds. The molecule has 1 N–H and O–H groups in total. The van der Waals surface area contributed by atoms with Gasteiger partial charge < -0.3 is 19.9 Å². The molecule has 0 saturated carbocycles. The van der Waals surface area contributed by atoms with Crippen LogP contribution < -0.4 is 10.2 Å². The summed E-state index contributed by atoms with van der Waals surface area (Å²) in [7, 11) is 0. The third-order valence-corrected chi connectivity index (χ3v) is 4.50. The van der Waals surface area contributed by atoms with Gasteiger partial charge in [-0.15, -0.1) is 0 Å². The molecule has 0 aromatic carbocycles. The van der Waals surface area contributed by atoms with E-state index in [0.717, 1.165) is 25.9 Å². The van der Waals surface area contributed by atoms with Crippen LogP contribution in [0.3, 0.4) is 0 Å². The number of hydrogen-bond acceptors (Lipinski definition) is 6. The third kappa shape index (κ3) is 6.08. The van der Waals surface area contributed by atoms with Crippen LogP contribution in [-0.4, -0.2) is 65.7 Å². The fourth-order valence-electron chi connectivity index (χ4n) is 3.16. The Labute approximate surface area is 161 Å². The molecule has 8 heteroatoms. The summed E-state index contributed by atoms with van der Waals surface area (Å²) in [6.45, 7) is 9.29. The van der Waals surface area contributed by atoms with E-state index in [4.69, 9.17) is 4.74 Å². The minimum Gasteiger partial charge on any atom is -0.450 e. The largest absolute Gasteiger partial charge is 0.450 e. The van der Waals surface area contributed by atoms with Gasteiger partial charge in [-0.1, -0.05) is 13.8 Å². The van der Waals surface area contributed by atoms with Crippen LogP contribution in [0.2, 0.25) is 0 Å². The van der Waals surface area contributed by atoms with Crippen LogP contribution in [0.25, 0.3) is 0 Å². The molecule has 1 aromatic rings. The van der Waals surface area contributed by atoms with Crippen molar-refractivity contribution >= 4 is 17.9 Å². The number of anilines is 1. The lowest BCUT2D eigenvalue weighted by atomic mass is 10.1. The Morgan fingerprint density at radius 1 is 1.22 bits per heavy atom. The molecule has 1 saturated heterocycles. The molecule has 0 atom stereocenters. The lowest BCUT2D eigenvalue weighted by molar-refractivity contribution is 0.0856. The van der Waals surface area contributed by atoms with Crippen molar-refractivity contribution < 1.29 is 14.3 Å². The van der Waals surface area contributed by atoms with Crippen LogP contribution >= 0.6 is 0 Å². The summed E-state index contributed by atoms with van der Waals surface area (Å²) in [5.41, 5.74) is 0.380. The van der Waals surface area contributed by atoms with Gasteiger partial charge in [0.1, 0.15) is 5.69 Å². The van der Waals surface area contributed by atoms with Crippen LogP contribution in [0.1, 0.15) is 56.9 Å². The number of nitrogens with one attached hydrogen (secondary N) is 1. The number of carbonyl (C=O) groups is 2. The van der Waals surface area contributed by atoms with Gasteiger partial charge in [0, 0.05) is 38.4 Å². The maximum Gasteiger partial charge on any atom is 0.409 e. The van der Waals surface area contributed by atoms with Crippen LogP contribution in [0.5, 0.6) is 0 Å². The van der Waals surface area contributed by atoms with Crippen molar-refractivity contribution in [3.63, 3.8) is 0 Å². The molecule has 0 unspecified atom stereocenters. The number of piperidine rings is 1. The van der Waals surface area contributed by atoms with Crippen molar-refractivity contribution in [2.75, 3.05) is 37.7 Å². The summed E-state index contributed by atoms with van der Waals surface area (Å²) in [4.78, 5) is 36.9. The summed E-state index contributed by atoms with van der Waals surface area (Å²) in [6.07, 6.45) is 4.77. The van der Waals surface area contributed by atoms with E-state index in [1.165, 1.54) is 0 Å². The van der Waals surface area contributed by atoms with E-state index in [-0.39, 0.29) is 18.0 Å². The van der Waals surface area contributed by atoms with E-state index in [9.17, 15) is 9.59 Å². The quantitative estimate of drug-likeness (QED) is 0.749. The van der Waals surface area contributed by atoms with E-state index in [1.807, 2.05) is 0 Å². The molecular formula is C19H31N5O3. The highest BCUT2D eigenvalue weighted by Gasteiger charge is 2.25. The van der Waals surface area contributed by atoms with Gasteiger partial charge in [-0.25, -0.2) is 14.8 Å². The molecule has 1 aliphatic heterocycles. The molecule has 1 aromatic heterocycles. The van der Waals surface area contributed by atoms with E-state index in [2.05, 4.69) is 34.0 Å². The van der Waals surface area contributed by atoms with Gasteiger partial charge in [-0.3, -0.25) is 4.79 Å². The minimum atomic E-state index is -0.283. The van der Waals surface area contributed by atoms with Crippen molar-refractivity contribution in [2.45, 2.75) is 52.5 Å². The highest BCUT2D eigenvalue weighted by atomic mass is 16.6. The number of amides is 2. The van der Waals surface area contributed by atoms with Gasteiger partial charge in [0.2, 0.25) is 5.95 Å². The van der Waals surface area contributed by atoms with E-state index in [1.54, 1.807) is 24.1 Å². The van der Waals surface area contributed by atoms with Gasteiger partial charge in [-0.2, -0.15) is 0 Å². The number of likely N-dealkylation sites (tertiary alicyclic amines) is 1. The standard InChI is InChI=1S/C19H31N5O3/c1-4-11-23(12-5-2)18-20-10-7-16(22-18)17(25)21-15-8-13-24(14-9-15)19(26)27-6-3/h7,10,15H,4-6,8-9,11-14H2,1-3H3,(H,21,25). The Bertz CT molecular complexity index is 611. The van der Waals surface area contributed by atoms with Crippen molar-refractivity contribution in [2.24, 2.45) is 0 Å². The topological polar surface area (TPSA) is 87.7 Å². The summed E-state index contributed by atoms with van der Waals surface area (Å²) in [6, 6.07) is 1.67. The Hall–Kier alpha value is -2.38. The number of nitrogens with zero attached hydrogens (tertiary/aromatic N) is 4. The Morgan fingerprint density at radius 2 is 1.89 bits per heavy atom. The zero-order valence-electron chi connectivity index (χ0n) is 16.6. The molecular weight excluding hydrogens is 346 g/mol. The van der Waals surface area contributed by atoms with Crippen molar-refractivity contribution in [1.82, 2.24) is 20.2 Å². The van der Waals surface area contributed by atoms with E-state index in [0.29, 0.717) is 44.2 Å². The van der Waals surface area contributed by atoms with Crippen LogP contribution in [0.4, 0.5) is 10.7 Å². The molecule has 2 heterocycles. The molecule has 0 aliphatic carbocycles. The first-order valence-electron chi connectivity index (χ1n) is 9.89. The molecule has 150 valence electrons. The first kappa shape index (κ1) is 20.9. The lowest BCUT2D eigenvalue weighted by Gasteiger charge is -2.31. The lowest BCUT2D eigenvalue weighted by Crippen LogP contribution is -2.46. The summed E-state index contributed by atoms with van der Waals surface area (Å²) in [5.74, 6) is 0.407. The Morgan fingerprint density at radius 3 is 2.48 bits per heavy atom. The second-order valence-corrected chi connectivity index (χ2v) is 6.66. The number of ether oxygens (including phenoxy) is 1. The zero-order valence-corrected chi connectivity index (χ0v) is 16.6. The Balaban J connectivity index is 1.93. The average molecular weight is 377 g/mol. The molecule has 2 rings (SSSR count). The summed E-state index contributed by atoms with van der Waals surface area (Å²) in [5, 5.41) is 3.03. The number of carbonyl (C=O) groups excluding carboxylic acids is 2. The SMILES string of the molecule is CCCN(CCC)c1nccc(C(=O)NC2CCN(C(=O)OCC)CC2)n1. The average Bonchev–Trinajstić information content (AvgIpc) is 2.68. The normalized spacial score (nSPS) is 14.7. The number of rotatable bonds is 8. The van der Waals surface area contributed by atoms with Crippen LogP contribution in [-0.2, 0) is 4.74 Å². The van der Waals surface area contributed by atoms with Gasteiger partial charge >= 0.3 is 6.09 Å². The Kier molecular flexibility index (Phi) is 8.29. The molecule has 1 aliphatic rings. The maximum atomic E-state index is 12.6. The second-order valence-electron chi connectivity index (χ2n) is 6.66. The second kappa shape index (κ2) is 10.7. The zero-order chi connectivity index (χ0) is 19.6.